The molecule has 0 amide bonds. The first-order valence-corrected chi connectivity index (χ1v) is 6.72. The first-order chi connectivity index (χ1) is 8.69. The Morgan fingerprint density at radius 2 is 2.28 bits per heavy atom. The Morgan fingerprint density at radius 1 is 1.44 bits per heavy atom. The van der Waals surface area contributed by atoms with E-state index in [1.54, 1.807) is 28.4 Å². The van der Waals surface area contributed by atoms with E-state index in [9.17, 15) is 4.79 Å². The Bertz CT molecular complexity index is 575. The molecule has 18 heavy (non-hydrogen) atoms. The van der Waals surface area contributed by atoms with Crippen LogP contribution in [0, 0.1) is 6.92 Å². The minimum absolute atomic E-state index is 0.0287. The molecule has 2 aromatic rings. The smallest absolute Gasteiger partial charge is 0.253 e. The van der Waals surface area contributed by atoms with Gasteiger partial charge in [0.15, 0.2) is 5.13 Å². The maximum absolute atomic E-state index is 11.7. The van der Waals surface area contributed by atoms with Gasteiger partial charge in [0.1, 0.15) is 0 Å². The molecular formula is C12H16N4OS. The highest BCUT2D eigenvalue weighted by atomic mass is 32.1. The highest BCUT2D eigenvalue weighted by Crippen LogP contribution is 2.18. The van der Waals surface area contributed by atoms with E-state index in [4.69, 9.17) is 0 Å². The summed E-state index contributed by atoms with van der Waals surface area (Å²) in [6.07, 6.45) is 4.45. The van der Waals surface area contributed by atoms with Crippen LogP contribution < -0.4 is 10.9 Å². The summed E-state index contributed by atoms with van der Waals surface area (Å²) in [4.78, 5) is 21.2. The van der Waals surface area contributed by atoms with Crippen molar-refractivity contribution in [3.8, 4) is 0 Å². The lowest BCUT2D eigenvalue weighted by atomic mass is 10.4. The SMILES string of the molecule is CCCNc1ncc(Cn2cnc(C)cc2=O)s1. The van der Waals surface area contributed by atoms with Gasteiger partial charge in [-0.2, -0.15) is 0 Å². The van der Waals surface area contributed by atoms with Crippen molar-refractivity contribution in [2.45, 2.75) is 26.8 Å². The minimum Gasteiger partial charge on any atom is -0.362 e. The number of hydrogen-bond donors (Lipinski definition) is 1. The fourth-order valence-electron chi connectivity index (χ4n) is 1.50. The van der Waals surface area contributed by atoms with Crippen molar-refractivity contribution in [3.05, 3.63) is 39.5 Å². The highest BCUT2D eigenvalue weighted by Gasteiger charge is 2.03. The van der Waals surface area contributed by atoms with Crippen LogP contribution in [0.5, 0.6) is 0 Å². The summed E-state index contributed by atoms with van der Waals surface area (Å²) >= 11 is 1.57. The van der Waals surface area contributed by atoms with Gasteiger partial charge in [0, 0.05) is 29.4 Å². The van der Waals surface area contributed by atoms with E-state index in [0.717, 1.165) is 28.7 Å². The summed E-state index contributed by atoms with van der Waals surface area (Å²) in [5.74, 6) is 0. The molecule has 0 saturated carbocycles. The lowest BCUT2D eigenvalue weighted by Gasteiger charge is -2.02. The summed E-state index contributed by atoms with van der Waals surface area (Å²) in [6, 6.07) is 1.54. The number of thiazole rings is 1. The van der Waals surface area contributed by atoms with Crippen molar-refractivity contribution >= 4 is 16.5 Å². The second-order valence-electron chi connectivity index (χ2n) is 4.05. The predicted octanol–water partition coefficient (Wildman–Crippen LogP) is 1.88. The summed E-state index contributed by atoms with van der Waals surface area (Å²) < 4.78 is 1.59. The van der Waals surface area contributed by atoms with Crippen LogP contribution in [-0.4, -0.2) is 21.1 Å². The second-order valence-corrected chi connectivity index (χ2v) is 5.17. The average molecular weight is 264 g/mol. The number of aryl methyl sites for hydroxylation is 1. The van der Waals surface area contributed by atoms with E-state index >= 15 is 0 Å². The number of nitrogens with zero attached hydrogens (tertiary/aromatic N) is 3. The summed E-state index contributed by atoms with van der Waals surface area (Å²) in [7, 11) is 0. The van der Waals surface area contributed by atoms with Gasteiger partial charge in [-0.15, -0.1) is 11.3 Å². The Kier molecular flexibility index (Phi) is 4.09. The number of anilines is 1. The fraction of sp³-hybridized carbons (Fsp3) is 0.417. The molecule has 0 atom stereocenters. The zero-order valence-electron chi connectivity index (χ0n) is 10.5. The zero-order valence-corrected chi connectivity index (χ0v) is 11.3. The van der Waals surface area contributed by atoms with Gasteiger partial charge in [0.2, 0.25) is 0 Å². The number of aromatic nitrogens is 3. The molecule has 0 aromatic carbocycles. The lowest BCUT2D eigenvalue weighted by Crippen LogP contribution is -2.20. The molecule has 1 N–H and O–H groups in total. The van der Waals surface area contributed by atoms with Gasteiger partial charge in [-0.3, -0.25) is 9.36 Å². The molecule has 2 aromatic heterocycles. The molecule has 0 aliphatic rings. The normalized spacial score (nSPS) is 10.6. The van der Waals surface area contributed by atoms with Crippen molar-refractivity contribution in [1.82, 2.24) is 14.5 Å². The van der Waals surface area contributed by atoms with Gasteiger partial charge >= 0.3 is 0 Å². The van der Waals surface area contributed by atoms with Crippen LogP contribution in [-0.2, 0) is 6.54 Å². The molecule has 0 saturated heterocycles. The minimum atomic E-state index is -0.0287. The molecular weight excluding hydrogens is 248 g/mol. The van der Waals surface area contributed by atoms with Crippen LogP contribution in [0.1, 0.15) is 23.9 Å². The molecule has 0 aliphatic carbocycles. The Labute approximate surface area is 110 Å². The van der Waals surface area contributed by atoms with Crippen molar-refractivity contribution < 1.29 is 0 Å². The third-order valence-corrected chi connectivity index (χ3v) is 3.36. The van der Waals surface area contributed by atoms with Gasteiger partial charge < -0.3 is 5.32 Å². The summed E-state index contributed by atoms with van der Waals surface area (Å²) in [5, 5.41) is 4.13. The number of rotatable bonds is 5. The van der Waals surface area contributed by atoms with Crippen LogP contribution in [0.25, 0.3) is 0 Å². The van der Waals surface area contributed by atoms with Crippen molar-refractivity contribution in [2.24, 2.45) is 0 Å². The quantitative estimate of drug-likeness (QED) is 0.895. The largest absolute Gasteiger partial charge is 0.362 e. The van der Waals surface area contributed by atoms with Crippen LogP contribution in [0.15, 0.2) is 23.4 Å². The molecule has 0 bridgehead atoms. The maximum atomic E-state index is 11.7. The van der Waals surface area contributed by atoms with E-state index in [0.29, 0.717) is 6.54 Å². The topological polar surface area (TPSA) is 59.8 Å². The molecule has 0 spiro atoms. The molecule has 2 rings (SSSR count). The number of hydrogen-bond acceptors (Lipinski definition) is 5. The van der Waals surface area contributed by atoms with Gasteiger partial charge in [-0.05, 0) is 13.3 Å². The Balaban J connectivity index is 2.09. The summed E-state index contributed by atoms with van der Waals surface area (Å²) in [6.45, 7) is 5.36. The van der Waals surface area contributed by atoms with Crippen LogP contribution in [0.4, 0.5) is 5.13 Å². The van der Waals surface area contributed by atoms with E-state index in [2.05, 4.69) is 22.2 Å². The van der Waals surface area contributed by atoms with E-state index in [-0.39, 0.29) is 5.56 Å². The van der Waals surface area contributed by atoms with Gasteiger partial charge in [-0.1, -0.05) is 6.92 Å². The molecule has 5 nitrogen and oxygen atoms in total. The van der Waals surface area contributed by atoms with Gasteiger partial charge in [0.25, 0.3) is 5.56 Å². The zero-order chi connectivity index (χ0) is 13.0. The van der Waals surface area contributed by atoms with Crippen LogP contribution in [0.3, 0.4) is 0 Å². The molecule has 96 valence electrons. The van der Waals surface area contributed by atoms with Crippen LogP contribution >= 0.6 is 11.3 Å². The van der Waals surface area contributed by atoms with Gasteiger partial charge in [0.05, 0.1) is 12.9 Å². The first-order valence-electron chi connectivity index (χ1n) is 5.90. The monoisotopic (exact) mass is 264 g/mol. The second kappa shape index (κ2) is 5.77. The molecule has 2 heterocycles. The van der Waals surface area contributed by atoms with E-state index < -0.39 is 0 Å². The lowest BCUT2D eigenvalue weighted by molar-refractivity contribution is 0.738. The summed E-state index contributed by atoms with van der Waals surface area (Å²) in [5.41, 5.74) is 0.713. The van der Waals surface area contributed by atoms with Gasteiger partial charge in [-0.25, -0.2) is 9.97 Å². The molecule has 0 unspecified atom stereocenters. The standard InChI is InChI=1S/C12H16N4OS/c1-3-4-13-12-14-6-10(18-12)7-16-8-15-9(2)5-11(16)17/h5-6,8H,3-4,7H2,1-2H3,(H,13,14). The Morgan fingerprint density at radius 3 is 3.00 bits per heavy atom. The van der Waals surface area contributed by atoms with Crippen molar-refractivity contribution in [3.63, 3.8) is 0 Å². The van der Waals surface area contributed by atoms with Crippen molar-refractivity contribution in [1.29, 1.82) is 0 Å². The predicted molar refractivity (Wildman–Crippen MR) is 73.2 cm³/mol. The first kappa shape index (κ1) is 12.8. The molecule has 0 fully saturated rings. The molecule has 6 heteroatoms. The fourth-order valence-corrected chi connectivity index (χ4v) is 2.33. The number of nitrogens with one attached hydrogen (secondary N) is 1. The van der Waals surface area contributed by atoms with E-state index in [1.165, 1.54) is 6.07 Å². The average Bonchev–Trinajstić information content (AvgIpc) is 2.78. The maximum Gasteiger partial charge on any atom is 0.253 e. The third-order valence-electron chi connectivity index (χ3n) is 2.42. The van der Waals surface area contributed by atoms with E-state index in [1.807, 2.05) is 6.92 Å². The third kappa shape index (κ3) is 3.16. The molecule has 0 aliphatic heterocycles. The Hall–Kier alpha value is -1.69. The van der Waals surface area contributed by atoms with Crippen LogP contribution in [0.2, 0.25) is 0 Å². The highest BCUT2D eigenvalue weighted by molar-refractivity contribution is 7.15. The molecule has 0 radical (unpaired) electrons. The van der Waals surface area contributed by atoms with Crippen molar-refractivity contribution in [2.75, 3.05) is 11.9 Å².